The van der Waals surface area contributed by atoms with Crippen molar-refractivity contribution < 1.29 is 33.3 Å². The van der Waals surface area contributed by atoms with E-state index in [0.717, 1.165) is 0 Å². The van der Waals surface area contributed by atoms with Gasteiger partial charge in [-0.25, -0.2) is 4.79 Å². The summed E-state index contributed by atoms with van der Waals surface area (Å²) in [4.78, 5) is 36.3. The Kier molecular flexibility index (Phi) is 10.7. The van der Waals surface area contributed by atoms with Crippen LogP contribution in [0.5, 0.6) is 17.2 Å². The van der Waals surface area contributed by atoms with Gasteiger partial charge in [0.05, 0.1) is 28.4 Å². The number of rotatable bonds is 12. The number of ether oxygens (including phenoxy) is 4. The van der Waals surface area contributed by atoms with Gasteiger partial charge in [-0.05, 0) is 30.6 Å². The largest absolute Gasteiger partial charge is 0.493 e. The Morgan fingerprint density at radius 2 is 1.66 bits per heavy atom. The van der Waals surface area contributed by atoms with Crippen LogP contribution < -0.4 is 24.8 Å². The van der Waals surface area contributed by atoms with Crippen LogP contribution in [-0.2, 0) is 14.3 Å². The summed E-state index contributed by atoms with van der Waals surface area (Å²) in [6.07, 6.45) is 2.40. The average Bonchev–Trinajstić information content (AvgIpc) is 2.74. The molecule has 0 aliphatic rings. The zero-order chi connectivity index (χ0) is 21.8. The zero-order valence-electron chi connectivity index (χ0n) is 17.3. The summed E-state index contributed by atoms with van der Waals surface area (Å²) in [6.45, 7) is 0.0950. The normalized spacial score (nSPS) is 11.2. The van der Waals surface area contributed by atoms with Gasteiger partial charge in [-0.3, -0.25) is 9.59 Å². The highest BCUT2D eigenvalue weighted by Gasteiger charge is 2.21. The van der Waals surface area contributed by atoms with E-state index < -0.39 is 17.9 Å². The van der Waals surface area contributed by atoms with E-state index in [0.29, 0.717) is 35.0 Å². The van der Waals surface area contributed by atoms with Crippen molar-refractivity contribution in [2.75, 3.05) is 47.0 Å². The fourth-order valence-electron chi connectivity index (χ4n) is 2.50. The Balaban J connectivity index is 2.66. The first-order valence-electron chi connectivity index (χ1n) is 8.86. The Labute approximate surface area is 174 Å². The van der Waals surface area contributed by atoms with E-state index in [1.807, 2.05) is 6.26 Å². The second-order valence-corrected chi connectivity index (χ2v) is 6.83. The van der Waals surface area contributed by atoms with Crippen molar-refractivity contribution in [3.05, 3.63) is 17.7 Å². The summed E-state index contributed by atoms with van der Waals surface area (Å²) < 4.78 is 20.4. The van der Waals surface area contributed by atoms with Gasteiger partial charge in [0.15, 0.2) is 11.5 Å². The van der Waals surface area contributed by atoms with E-state index in [-0.39, 0.29) is 18.9 Å². The van der Waals surface area contributed by atoms with E-state index in [1.165, 1.54) is 40.6 Å². The third-order valence-corrected chi connectivity index (χ3v) is 4.64. The van der Waals surface area contributed by atoms with Gasteiger partial charge in [0.1, 0.15) is 6.04 Å². The first kappa shape index (κ1) is 24.4. The average molecular weight is 429 g/mol. The van der Waals surface area contributed by atoms with Crippen LogP contribution in [0.4, 0.5) is 0 Å². The summed E-state index contributed by atoms with van der Waals surface area (Å²) in [5.74, 6) is 0.543. The molecule has 0 spiro atoms. The maximum absolute atomic E-state index is 12.4. The van der Waals surface area contributed by atoms with Gasteiger partial charge < -0.3 is 29.6 Å². The van der Waals surface area contributed by atoms with Crippen molar-refractivity contribution in [1.29, 1.82) is 0 Å². The van der Waals surface area contributed by atoms with Crippen molar-refractivity contribution in [2.45, 2.75) is 18.9 Å². The molecule has 1 aromatic rings. The van der Waals surface area contributed by atoms with Gasteiger partial charge in [0, 0.05) is 18.5 Å². The molecule has 0 heterocycles. The highest BCUT2D eigenvalue weighted by Crippen LogP contribution is 2.38. The predicted octanol–water partition coefficient (Wildman–Crippen LogP) is 1.24. The summed E-state index contributed by atoms with van der Waals surface area (Å²) in [5, 5.41) is 5.29. The first-order chi connectivity index (χ1) is 13.9. The summed E-state index contributed by atoms with van der Waals surface area (Å²) in [5.41, 5.74) is 0.298. The maximum Gasteiger partial charge on any atom is 0.328 e. The molecule has 0 fully saturated rings. The number of carbonyl (C=O) groups is 3. The van der Waals surface area contributed by atoms with Gasteiger partial charge in [-0.15, -0.1) is 0 Å². The van der Waals surface area contributed by atoms with Crippen molar-refractivity contribution in [3.63, 3.8) is 0 Å². The molecule has 1 atom stereocenters. The molecule has 0 aliphatic carbocycles. The summed E-state index contributed by atoms with van der Waals surface area (Å²) in [7, 11) is 5.66. The minimum atomic E-state index is -0.703. The number of thioether (sulfide) groups is 1. The molecule has 1 aromatic carbocycles. The Bertz CT molecular complexity index is 687. The van der Waals surface area contributed by atoms with Crippen LogP contribution in [0.15, 0.2) is 12.1 Å². The van der Waals surface area contributed by atoms with Gasteiger partial charge in [-0.1, -0.05) is 0 Å². The lowest BCUT2D eigenvalue weighted by Crippen LogP contribution is -2.43. The molecule has 0 aromatic heterocycles. The Morgan fingerprint density at radius 1 is 1.03 bits per heavy atom. The van der Waals surface area contributed by atoms with Crippen LogP contribution in [-0.4, -0.2) is 70.8 Å². The fraction of sp³-hybridized carbons (Fsp3) is 0.526. The van der Waals surface area contributed by atoms with E-state index in [9.17, 15) is 14.4 Å². The van der Waals surface area contributed by atoms with E-state index in [1.54, 1.807) is 11.8 Å². The standard InChI is InChI=1S/C19H28N2O7S/c1-25-14-10-12(11-15(26-2)17(14)27-3)18(23)20-8-6-16(22)21-13(7-9-29-5)19(24)28-4/h10-11,13H,6-9H2,1-5H3,(H,20,23)(H,21,22). The monoisotopic (exact) mass is 428 g/mol. The summed E-state index contributed by atoms with van der Waals surface area (Å²) in [6, 6.07) is 2.34. The molecule has 10 heteroatoms. The number of carbonyl (C=O) groups excluding carboxylic acids is 3. The molecule has 0 radical (unpaired) electrons. The van der Waals surface area contributed by atoms with Crippen LogP contribution in [0.25, 0.3) is 0 Å². The van der Waals surface area contributed by atoms with Crippen LogP contribution in [0.3, 0.4) is 0 Å². The van der Waals surface area contributed by atoms with Gasteiger partial charge >= 0.3 is 5.97 Å². The Morgan fingerprint density at radius 3 is 2.14 bits per heavy atom. The van der Waals surface area contributed by atoms with E-state index in [2.05, 4.69) is 10.6 Å². The smallest absolute Gasteiger partial charge is 0.328 e. The molecular weight excluding hydrogens is 400 g/mol. The number of hydrogen-bond acceptors (Lipinski definition) is 8. The molecule has 1 rings (SSSR count). The Hall–Kier alpha value is -2.62. The number of benzene rings is 1. The van der Waals surface area contributed by atoms with Gasteiger partial charge in [0.25, 0.3) is 5.91 Å². The van der Waals surface area contributed by atoms with E-state index in [4.69, 9.17) is 18.9 Å². The minimum Gasteiger partial charge on any atom is -0.493 e. The molecule has 0 saturated heterocycles. The van der Waals surface area contributed by atoms with Crippen LogP contribution in [0.1, 0.15) is 23.2 Å². The number of hydrogen-bond donors (Lipinski definition) is 2. The SMILES string of the molecule is COC(=O)C(CCSC)NC(=O)CCNC(=O)c1cc(OC)c(OC)c(OC)c1. The van der Waals surface area contributed by atoms with Gasteiger partial charge in [-0.2, -0.15) is 11.8 Å². The van der Waals surface area contributed by atoms with Crippen molar-refractivity contribution >= 4 is 29.5 Å². The number of amides is 2. The predicted molar refractivity (Wildman–Crippen MR) is 110 cm³/mol. The molecule has 2 N–H and O–H groups in total. The lowest BCUT2D eigenvalue weighted by Gasteiger charge is -2.16. The molecule has 1 unspecified atom stereocenters. The van der Waals surface area contributed by atoms with Crippen molar-refractivity contribution in [2.24, 2.45) is 0 Å². The van der Waals surface area contributed by atoms with Crippen molar-refractivity contribution in [1.82, 2.24) is 10.6 Å². The zero-order valence-corrected chi connectivity index (χ0v) is 18.1. The number of esters is 1. The molecule has 0 saturated carbocycles. The first-order valence-corrected chi connectivity index (χ1v) is 10.3. The molecule has 0 aliphatic heterocycles. The second kappa shape index (κ2) is 12.8. The van der Waals surface area contributed by atoms with Crippen LogP contribution >= 0.6 is 11.8 Å². The lowest BCUT2D eigenvalue weighted by atomic mass is 10.1. The number of methoxy groups -OCH3 is 4. The fourth-order valence-corrected chi connectivity index (χ4v) is 2.97. The summed E-state index contributed by atoms with van der Waals surface area (Å²) >= 11 is 1.57. The highest BCUT2D eigenvalue weighted by molar-refractivity contribution is 7.98. The van der Waals surface area contributed by atoms with Crippen LogP contribution in [0.2, 0.25) is 0 Å². The topological polar surface area (TPSA) is 112 Å². The molecule has 0 bridgehead atoms. The van der Waals surface area contributed by atoms with Crippen LogP contribution in [0, 0.1) is 0 Å². The second-order valence-electron chi connectivity index (χ2n) is 5.84. The van der Waals surface area contributed by atoms with E-state index >= 15 is 0 Å². The number of nitrogens with one attached hydrogen (secondary N) is 2. The highest BCUT2D eigenvalue weighted by atomic mass is 32.2. The third kappa shape index (κ3) is 7.37. The van der Waals surface area contributed by atoms with Gasteiger partial charge in [0.2, 0.25) is 11.7 Å². The molecular formula is C19H28N2O7S. The lowest BCUT2D eigenvalue weighted by molar-refractivity contribution is -0.145. The van der Waals surface area contributed by atoms with Crippen molar-refractivity contribution in [3.8, 4) is 17.2 Å². The molecule has 9 nitrogen and oxygen atoms in total. The third-order valence-electron chi connectivity index (χ3n) is 4.00. The molecule has 29 heavy (non-hydrogen) atoms. The molecule has 162 valence electrons. The maximum atomic E-state index is 12.4. The molecule has 2 amide bonds. The minimum absolute atomic E-state index is 0.0168. The quantitative estimate of drug-likeness (QED) is 0.478.